The van der Waals surface area contributed by atoms with Crippen molar-refractivity contribution in [3.63, 3.8) is 0 Å². The maximum Gasteiger partial charge on any atom is 0.220 e. The number of aromatic nitrogens is 2. The summed E-state index contributed by atoms with van der Waals surface area (Å²) < 4.78 is 5.80. The number of carbonyl (C=O) groups is 1. The third-order valence-corrected chi connectivity index (χ3v) is 4.10. The summed E-state index contributed by atoms with van der Waals surface area (Å²) in [5.74, 6) is 2.67. The van der Waals surface area contributed by atoms with Crippen LogP contribution in [0.1, 0.15) is 18.2 Å². The summed E-state index contributed by atoms with van der Waals surface area (Å²) in [6.45, 7) is 0.648. The summed E-state index contributed by atoms with van der Waals surface area (Å²) >= 11 is 0. The van der Waals surface area contributed by atoms with Gasteiger partial charge in [-0.15, -0.1) is 0 Å². The van der Waals surface area contributed by atoms with Crippen LogP contribution in [0.5, 0.6) is 11.5 Å². The molecule has 120 valence electrons. The highest BCUT2D eigenvalue weighted by atomic mass is 16.5. The summed E-state index contributed by atoms with van der Waals surface area (Å²) in [4.78, 5) is 19.1. The molecule has 0 bridgehead atoms. The minimum absolute atomic E-state index is 0.0837. The predicted octanol–water partition coefficient (Wildman–Crippen LogP) is 3.47. The number of nitrogens with zero attached hydrogens (tertiary/aromatic N) is 1. The molecule has 0 spiro atoms. The van der Waals surface area contributed by atoms with Gasteiger partial charge in [-0.05, 0) is 42.0 Å². The molecule has 1 saturated heterocycles. The van der Waals surface area contributed by atoms with Crippen molar-refractivity contribution in [1.29, 1.82) is 0 Å². The van der Waals surface area contributed by atoms with E-state index >= 15 is 0 Å². The lowest BCUT2D eigenvalue weighted by Crippen LogP contribution is -2.13. The molecule has 3 aromatic rings. The molecule has 5 nitrogen and oxygen atoms in total. The van der Waals surface area contributed by atoms with E-state index in [1.54, 1.807) is 0 Å². The average molecular weight is 319 g/mol. The number of aromatic amines is 1. The van der Waals surface area contributed by atoms with Gasteiger partial charge >= 0.3 is 0 Å². The van der Waals surface area contributed by atoms with Crippen molar-refractivity contribution in [3.05, 3.63) is 66.6 Å². The molecule has 2 aromatic carbocycles. The van der Waals surface area contributed by atoms with Crippen molar-refractivity contribution in [2.45, 2.75) is 12.3 Å². The molecule has 0 radical (unpaired) electrons. The van der Waals surface area contributed by atoms with Gasteiger partial charge in [0.2, 0.25) is 5.91 Å². The Bertz CT molecular complexity index is 841. The van der Waals surface area contributed by atoms with Crippen LogP contribution in [0.3, 0.4) is 0 Å². The maximum atomic E-state index is 11.3. The normalized spacial score (nSPS) is 16.8. The number of hydrogen-bond donors (Lipinski definition) is 2. The Morgan fingerprint density at radius 3 is 2.46 bits per heavy atom. The molecule has 24 heavy (non-hydrogen) atoms. The minimum atomic E-state index is 0.0837. The van der Waals surface area contributed by atoms with E-state index in [0.29, 0.717) is 13.0 Å². The highest BCUT2D eigenvalue weighted by molar-refractivity contribution is 5.79. The molecule has 1 amide bonds. The van der Waals surface area contributed by atoms with Crippen molar-refractivity contribution < 1.29 is 9.53 Å². The highest BCUT2D eigenvalue weighted by Gasteiger charge is 2.25. The highest BCUT2D eigenvalue weighted by Crippen LogP contribution is 2.27. The third kappa shape index (κ3) is 3.01. The SMILES string of the molecule is O=C1CC(c2ncc(-c3ccc(Oc4ccccc4)cc3)[nH]2)CN1. The molecule has 0 aliphatic carbocycles. The van der Waals surface area contributed by atoms with E-state index in [1.807, 2.05) is 60.8 Å². The van der Waals surface area contributed by atoms with Crippen LogP contribution in [-0.2, 0) is 4.79 Å². The molecule has 4 rings (SSSR count). The zero-order valence-electron chi connectivity index (χ0n) is 13.0. The molecular formula is C19H17N3O2. The van der Waals surface area contributed by atoms with Crippen LogP contribution in [0.15, 0.2) is 60.8 Å². The van der Waals surface area contributed by atoms with Crippen molar-refractivity contribution >= 4 is 5.91 Å². The van der Waals surface area contributed by atoms with Gasteiger partial charge in [-0.1, -0.05) is 18.2 Å². The van der Waals surface area contributed by atoms with E-state index in [2.05, 4.69) is 15.3 Å². The lowest BCUT2D eigenvalue weighted by molar-refractivity contribution is -0.119. The quantitative estimate of drug-likeness (QED) is 0.774. The van der Waals surface area contributed by atoms with Gasteiger partial charge in [-0.3, -0.25) is 4.79 Å². The van der Waals surface area contributed by atoms with E-state index < -0.39 is 0 Å². The van der Waals surface area contributed by atoms with Gasteiger partial charge in [0.15, 0.2) is 0 Å². The van der Waals surface area contributed by atoms with Crippen LogP contribution in [0.2, 0.25) is 0 Å². The van der Waals surface area contributed by atoms with Crippen LogP contribution in [0, 0.1) is 0 Å². The van der Waals surface area contributed by atoms with Gasteiger partial charge in [0.1, 0.15) is 17.3 Å². The maximum absolute atomic E-state index is 11.3. The molecule has 1 aliphatic rings. The zero-order valence-corrected chi connectivity index (χ0v) is 13.0. The average Bonchev–Trinajstić information content (AvgIpc) is 3.25. The minimum Gasteiger partial charge on any atom is -0.457 e. The Labute approximate surface area is 139 Å². The van der Waals surface area contributed by atoms with Crippen molar-refractivity contribution in [2.75, 3.05) is 6.54 Å². The first-order valence-corrected chi connectivity index (χ1v) is 7.93. The number of hydrogen-bond acceptors (Lipinski definition) is 3. The molecule has 2 N–H and O–H groups in total. The van der Waals surface area contributed by atoms with E-state index in [0.717, 1.165) is 28.6 Å². The van der Waals surface area contributed by atoms with Crippen LogP contribution in [-0.4, -0.2) is 22.4 Å². The standard InChI is InChI=1S/C19H17N3O2/c23-18-10-14(11-20-18)19-21-12-17(22-19)13-6-8-16(9-7-13)24-15-4-2-1-3-5-15/h1-9,12,14H,10-11H2,(H,20,23)(H,21,22). The second-order valence-corrected chi connectivity index (χ2v) is 5.83. The number of benzene rings is 2. The molecular weight excluding hydrogens is 302 g/mol. The fraction of sp³-hybridized carbons (Fsp3) is 0.158. The van der Waals surface area contributed by atoms with Gasteiger partial charge in [0.05, 0.1) is 11.9 Å². The molecule has 1 aromatic heterocycles. The number of para-hydroxylation sites is 1. The summed E-state index contributed by atoms with van der Waals surface area (Å²) in [5, 5.41) is 2.83. The molecule has 1 atom stereocenters. The van der Waals surface area contributed by atoms with E-state index in [4.69, 9.17) is 4.74 Å². The van der Waals surface area contributed by atoms with Crippen molar-refractivity contribution in [2.24, 2.45) is 0 Å². The van der Waals surface area contributed by atoms with E-state index in [1.165, 1.54) is 0 Å². The van der Waals surface area contributed by atoms with Gasteiger partial charge in [-0.25, -0.2) is 4.98 Å². The summed E-state index contributed by atoms with van der Waals surface area (Å²) in [6.07, 6.45) is 2.31. The van der Waals surface area contributed by atoms with Crippen LogP contribution in [0.25, 0.3) is 11.3 Å². The van der Waals surface area contributed by atoms with E-state index in [9.17, 15) is 4.79 Å². The van der Waals surface area contributed by atoms with Crippen molar-refractivity contribution in [1.82, 2.24) is 15.3 Å². The van der Waals surface area contributed by atoms with Crippen LogP contribution < -0.4 is 10.1 Å². The van der Waals surface area contributed by atoms with Crippen molar-refractivity contribution in [3.8, 4) is 22.8 Å². The molecule has 5 heteroatoms. The Kier molecular flexibility index (Phi) is 3.75. The Morgan fingerprint density at radius 2 is 1.75 bits per heavy atom. The molecule has 0 saturated carbocycles. The van der Waals surface area contributed by atoms with Crippen LogP contribution in [0.4, 0.5) is 0 Å². The number of carbonyl (C=O) groups excluding carboxylic acids is 1. The number of amides is 1. The summed E-state index contributed by atoms with van der Waals surface area (Å²) in [6, 6.07) is 17.5. The number of ether oxygens (including phenoxy) is 1. The molecule has 2 heterocycles. The monoisotopic (exact) mass is 319 g/mol. The number of imidazole rings is 1. The second kappa shape index (κ2) is 6.20. The first kappa shape index (κ1) is 14.5. The van der Waals surface area contributed by atoms with Gasteiger partial charge in [-0.2, -0.15) is 0 Å². The molecule has 1 fully saturated rings. The number of rotatable bonds is 4. The number of nitrogens with one attached hydrogen (secondary N) is 2. The van der Waals surface area contributed by atoms with E-state index in [-0.39, 0.29) is 11.8 Å². The molecule has 1 unspecified atom stereocenters. The first-order chi connectivity index (χ1) is 11.8. The summed E-state index contributed by atoms with van der Waals surface area (Å²) in [5.41, 5.74) is 1.97. The van der Waals surface area contributed by atoms with Gasteiger partial charge < -0.3 is 15.0 Å². The number of H-pyrrole nitrogens is 1. The van der Waals surface area contributed by atoms with Gasteiger partial charge in [0, 0.05) is 18.9 Å². The smallest absolute Gasteiger partial charge is 0.220 e. The van der Waals surface area contributed by atoms with Gasteiger partial charge in [0.25, 0.3) is 0 Å². The zero-order chi connectivity index (χ0) is 16.4. The summed E-state index contributed by atoms with van der Waals surface area (Å²) in [7, 11) is 0. The topological polar surface area (TPSA) is 67.0 Å². The van der Waals surface area contributed by atoms with Crippen LogP contribution >= 0.6 is 0 Å². The second-order valence-electron chi connectivity index (χ2n) is 5.83. The Hall–Kier alpha value is -3.08. The predicted molar refractivity (Wildman–Crippen MR) is 90.9 cm³/mol. The lowest BCUT2D eigenvalue weighted by atomic mass is 10.1. The fourth-order valence-corrected chi connectivity index (χ4v) is 2.82. The first-order valence-electron chi connectivity index (χ1n) is 7.93. The Balaban J connectivity index is 1.49. The fourth-order valence-electron chi connectivity index (χ4n) is 2.82. The largest absolute Gasteiger partial charge is 0.457 e. The third-order valence-electron chi connectivity index (χ3n) is 4.10. The Morgan fingerprint density at radius 1 is 1.00 bits per heavy atom. The lowest BCUT2D eigenvalue weighted by Gasteiger charge is -2.06. The molecule has 1 aliphatic heterocycles.